The highest BCUT2D eigenvalue weighted by Crippen LogP contribution is 2.21. The van der Waals surface area contributed by atoms with Gasteiger partial charge in [0.15, 0.2) is 0 Å². The van der Waals surface area contributed by atoms with Crippen molar-refractivity contribution in [2.75, 3.05) is 36.4 Å². The van der Waals surface area contributed by atoms with Crippen LogP contribution >= 0.6 is 11.6 Å². The van der Waals surface area contributed by atoms with Gasteiger partial charge in [-0.3, -0.25) is 4.79 Å². The molecule has 8 heteroatoms. The number of pyridine rings is 1. The molecule has 0 saturated carbocycles. The lowest BCUT2D eigenvalue weighted by Gasteiger charge is -2.35. The largest absolute Gasteiger partial charge is 0.353 e. The summed E-state index contributed by atoms with van der Waals surface area (Å²) in [4.78, 5) is 29.5. The Morgan fingerprint density at radius 3 is 2.46 bits per heavy atom. The molecule has 2 aromatic heterocycles. The minimum Gasteiger partial charge on any atom is -0.353 e. The molecule has 1 N–H and O–H groups in total. The number of carbonyl (C=O) groups excluding carboxylic acids is 1. The van der Waals surface area contributed by atoms with E-state index in [0.29, 0.717) is 42.6 Å². The van der Waals surface area contributed by atoms with E-state index < -0.39 is 0 Å². The number of hydrogen-bond donors (Lipinski definition) is 1. The first-order valence-electron chi connectivity index (χ1n) is 8.99. The number of nitrogens with one attached hydrogen (secondary N) is 1. The number of anilines is 3. The van der Waals surface area contributed by atoms with Crippen LogP contribution in [-0.4, -0.2) is 51.9 Å². The maximum absolute atomic E-state index is 12.7. The van der Waals surface area contributed by atoms with E-state index in [0.717, 1.165) is 11.6 Å². The first kappa shape index (κ1) is 18.2. The maximum atomic E-state index is 12.7. The molecule has 1 amide bonds. The summed E-state index contributed by atoms with van der Waals surface area (Å²) >= 11 is 6.16. The van der Waals surface area contributed by atoms with Crippen molar-refractivity contribution in [3.05, 3.63) is 71.6 Å². The van der Waals surface area contributed by atoms with Crippen molar-refractivity contribution in [1.82, 2.24) is 19.9 Å². The number of piperazine rings is 1. The number of halogens is 1. The number of aromatic nitrogens is 3. The van der Waals surface area contributed by atoms with Gasteiger partial charge in [0, 0.05) is 38.4 Å². The van der Waals surface area contributed by atoms with Crippen LogP contribution in [-0.2, 0) is 0 Å². The number of nitrogens with zero attached hydrogens (tertiary/aromatic N) is 5. The summed E-state index contributed by atoms with van der Waals surface area (Å²) in [5, 5.41) is 3.65. The molecule has 1 saturated heterocycles. The molecule has 0 aliphatic carbocycles. The number of rotatable bonds is 4. The third-order valence-corrected chi connectivity index (χ3v) is 4.90. The van der Waals surface area contributed by atoms with Crippen LogP contribution in [0.15, 0.2) is 61.1 Å². The summed E-state index contributed by atoms with van der Waals surface area (Å²) in [6, 6.07) is 14.7. The Kier molecular flexibility index (Phi) is 5.34. The van der Waals surface area contributed by atoms with Crippen LogP contribution < -0.4 is 10.2 Å². The average Bonchev–Trinajstić information content (AvgIpc) is 2.75. The molecule has 3 heterocycles. The normalized spacial score (nSPS) is 14.0. The molecule has 0 radical (unpaired) electrons. The summed E-state index contributed by atoms with van der Waals surface area (Å²) in [5.74, 6) is 2.18. The van der Waals surface area contributed by atoms with Crippen molar-refractivity contribution in [1.29, 1.82) is 0 Å². The zero-order valence-corrected chi connectivity index (χ0v) is 15.9. The summed E-state index contributed by atoms with van der Waals surface area (Å²) in [5.41, 5.74) is 0.543. The van der Waals surface area contributed by atoms with Gasteiger partial charge in [-0.05, 0) is 24.3 Å². The average molecular weight is 395 g/mol. The van der Waals surface area contributed by atoms with Crippen molar-refractivity contribution < 1.29 is 4.79 Å². The predicted octanol–water partition coefficient (Wildman–Crippen LogP) is 3.23. The van der Waals surface area contributed by atoms with Crippen LogP contribution in [0, 0.1) is 0 Å². The van der Waals surface area contributed by atoms with Gasteiger partial charge < -0.3 is 15.1 Å². The van der Waals surface area contributed by atoms with Gasteiger partial charge >= 0.3 is 0 Å². The Labute approximate surface area is 168 Å². The van der Waals surface area contributed by atoms with Gasteiger partial charge in [0.25, 0.3) is 5.91 Å². The van der Waals surface area contributed by atoms with Gasteiger partial charge in [0.1, 0.15) is 23.8 Å². The Morgan fingerprint density at radius 2 is 1.71 bits per heavy atom. The SMILES string of the molecule is O=C(c1ccccc1Cl)N1CCN(c2cc(Nc3ccccn3)ncn2)CC1. The zero-order valence-electron chi connectivity index (χ0n) is 15.1. The van der Waals surface area contributed by atoms with Crippen LogP contribution in [0.1, 0.15) is 10.4 Å². The first-order valence-corrected chi connectivity index (χ1v) is 9.37. The van der Waals surface area contributed by atoms with Crippen LogP contribution in [0.5, 0.6) is 0 Å². The van der Waals surface area contributed by atoms with Crippen LogP contribution in [0.3, 0.4) is 0 Å². The molecule has 3 aromatic rings. The number of hydrogen-bond acceptors (Lipinski definition) is 6. The molecular weight excluding hydrogens is 376 g/mol. The molecule has 28 heavy (non-hydrogen) atoms. The molecule has 0 spiro atoms. The fourth-order valence-electron chi connectivity index (χ4n) is 3.10. The second-order valence-corrected chi connectivity index (χ2v) is 6.77. The molecule has 1 aliphatic rings. The van der Waals surface area contributed by atoms with Crippen molar-refractivity contribution in [3.8, 4) is 0 Å². The van der Waals surface area contributed by atoms with Gasteiger partial charge in [-0.15, -0.1) is 0 Å². The fraction of sp³-hybridized carbons (Fsp3) is 0.200. The summed E-state index contributed by atoms with van der Waals surface area (Å²) < 4.78 is 0. The van der Waals surface area contributed by atoms with Gasteiger partial charge in [-0.25, -0.2) is 15.0 Å². The smallest absolute Gasteiger partial charge is 0.255 e. The molecule has 1 fully saturated rings. The van der Waals surface area contributed by atoms with E-state index in [2.05, 4.69) is 25.2 Å². The summed E-state index contributed by atoms with van der Waals surface area (Å²) in [6.45, 7) is 2.60. The van der Waals surface area contributed by atoms with Crippen molar-refractivity contribution >= 4 is 35.0 Å². The molecule has 0 bridgehead atoms. The van der Waals surface area contributed by atoms with Crippen molar-refractivity contribution in [3.63, 3.8) is 0 Å². The van der Waals surface area contributed by atoms with Crippen LogP contribution in [0.2, 0.25) is 5.02 Å². The molecule has 1 aromatic carbocycles. The second-order valence-electron chi connectivity index (χ2n) is 6.36. The van der Waals surface area contributed by atoms with E-state index in [1.165, 1.54) is 6.33 Å². The minimum atomic E-state index is -0.0366. The fourth-order valence-corrected chi connectivity index (χ4v) is 3.32. The molecule has 7 nitrogen and oxygen atoms in total. The highest BCUT2D eigenvalue weighted by molar-refractivity contribution is 6.33. The highest BCUT2D eigenvalue weighted by atomic mass is 35.5. The Hall–Kier alpha value is -3.19. The van der Waals surface area contributed by atoms with Gasteiger partial charge in [-0.2, -0.15) is 0 Å². The topological polar surface area (TPSA) is 74.2 Å². The lowest BCUT2D eigenvalue weighted by Crippen LogP contribution is -2.49. The van der Waals surface area contributed by atoms with Gasteiger partial charge in [0.2, 0.25) is 0 Å². The summed E-state index contributed by atoms with van der Waals surface area (Å²) in [6.07, 6.45) is 3.25. The quantitative estimate of drug-likeness (QED) is 0.732. The standard InChI is InChI=1S/C20H19ClN6O/c21-16-6-2-1-5-15(16)20(28)27-11-9-26(10-12-27)19-13-18(23-14-24-19)25-17-7-3-4-8-22-17/h1-8,13-14H,9-12H2,(H,22,23,24,25). The minimum absolute atomic E-state index is 0.0366. The highest BCUT2D eigenvalue weighted by Gasteiger charge is 2.24. The van der Waals surface area contributed by atoms with E-state index in [9.17, 15) is 4.79 Å². The molecule has 0 atom stereocenters. The first-order chi connectivity index (χ1) is 13.7. The van der Waals surface area contributed by atoms with Crippen molar-refractivity contribution in [2.24, 2.45) is 0 Å². The number of amides is 1. The third-order valence-electron chi connectivity index (χ3n) is 4.57. The number of carbonyl (C=O) groups is 1. The molecular formula is C20H19ClN6O. The van der Waals surface area contributed by atoms with Crippen molar-refractivity contribution in [2.45, 2.75) is 0 Å². The second kappa shape index (κ2) is 8.22. The third kappa shape index (κ3) is 4.04. The zero-order chi connectivity index (χ0) is 19.3. The predicted molar refractivity (Wildman–Crippen MR) is 109 cm³/mol. The van der Waals surface area contributed by atoms with Gasteiger partial charge in [0.05, 0.1) is 10.6 Å². The number of benzene rings is 1. The molecule has 0 unspecified atom stereocenters. The van der Waals surface area contributed by atoms with Gasteiger partial charge in [-0.1, -0.05) is 29.8 Å². The van der Waals surface area contributed by atoms with Crippen LogP contribution in [0.4, 0.5) is 17.5 Å². The molecule has 4 rings (SSSR count). The molecule has 142 valence electrons. The van der Waals surface area contributed by atoms with E-state index in [-0.39, 0.29) is 5.91 Å². The van der Waals surface area contributed by atoms with E-state index in [1.54, 1.807) is 18.3 Å². The lowest BCUT2D eigenvalue weighted by molar-refractivity contribution is 0.0746. The van der Waals surface area contributed by atoms with E-state index in [4.69, 9.17) is 11.6 Å². The van der Waals surface area contributed by atoms with Crippen LogP contribution in [0.25, 0.3) is 0 Å². The Bertz CT molecular complexity index is 960. The monoisotopic (exact) mass is 394 g/mol. The maximum Gasteiger partial charge on any atom is 0.255 e. The Morgan fingerprint density at radius 1 is 0.929 bits per heavy atom. The molecule has 1 aliphatic heterocycles. The Balaban J connectivity index is 1.41. The van der Waals surface area contributed by atoms with E-state index >= 15 is 0 Å². The van der Waals surface area contributed by atoms with E-state index in [1.807, 2.05) is 41.3 Å². The summed E-state index contributed by atoms with van der Waals surface area (Å²) in [7, 11) is 0. The lowest BCUT2D eigenvalue weighted by atomic mass is 10.2.